The summed E-state index contributed by atoms with van der Waals surface area (Å²) in [6, 6.07) is 14.4. The first kappa shape index (κ1) is 12.5. The Hall–Kier alpha value is -2.57. The van der Waals surface area contributed by atoms with Crippen molar-refractivity contribution in [1.82, 2.24) is 0 Å². The van der Waals surface area contributed by atoms with E-state index in [4.69, 9.17) is 16.9 Å². The van der Waals surface area contributed by atoms with Crippen LogP contribution in [0.1, 0.15) is 16.7 Å². The smallest absolute Gasteiger partial charge is 0.256 e. The monoisotopic (exact) mass is 280 g/mol. The van der Waals surface area contributed by atoms with Crippen molar-refractivity contribution in [3.63, 3.8) is 0 Å². The number of rotatable bonds is 1. The highest BCUT2D eigenvalue weighted by Crippen LogP contribution is 2.34. The van der Waals surface area contributed by atoms with E-state index in [0.717, 1.165) is 16.8 Å². The summed E-state index contributed by atoms with van der Waals surface area (Å²) < 4.78 is 0. The summed E-state index contributed by atoms with van der Waals surface area (Å²) in [5.74, 6) is -0.147. The summed E-state index contributed by atoms with van der Waals surface area (Å²) in [5.41, 5.74) is 3.62. The summed E-state index contributed by atoms with van der Waals surface area (Å²) in [6.45, 7) is 0. The SMILES string of the molecule is N#Cc1ccc(C=C2C(=O)Nc3cc(Cl)ccc32)cc1. The molecule has 2 aromatic rings. The number of halogens is 1. The molecule has 1 N–H and O–H groups in total. The molecule has 1 heterocycles. The standard InChI is InChI=1S/C16H9ClN2O/c17-12-5-6-13-14(16(20)19-15(13)8-12)7-10-1-3-11(9-18)4-2-10/h1-8H,(H,19,20). The number of benzene rings is 2. The minimum absolute atomic E-state index is 0.147. The third kappa shape index (κ3) is 2.18. The summed E-state index contributed by atoms with van der Waals surface area (Å²) in [5, 5.41) is 12.1. The zero-order valence-electron chi connectivity index (χ0n) is 10.4. The molecular formula is C16H9ClN2O. The van der Waals surface area contributed by atoms with Gasteiger partial charge in [-0.1, -0.05) is 29.8 Å². The van der Waals surface area contributed by atoms with Crippen LogP contribution in [0, 0.1) is 11.3 Å². The highest BCUT2D eigenvalue weighted by atomic mass is 35.5. The minimum atomic E-state index is -0.147. The second-order valence-electron chi connectivity index (χ2n) is 4.44. The van der Waals surface area contributed by atoms with Crippen molar-refractivity contribution >= 4 is 34.8 Å². The predicted octanol–water partition coefficient (Wildman–Crippen LogP) is 3.70. The second-order valence-corrected chi connectivity index (χ2v) is 4.87. The molecular weight excluding hydrogens is 272 g/mol. The van der Waals surface area contributed by atoms with Gasteiger partial charge < -0.3 is 5.32 Å². The Bertz CT molecular complexity index is 770. The molecule has 2 aromatic carbocycles. The molecule has 3 rings (SSSR count). The van der Waals surface area contributed by atoms with E-state index in [2.05, 4.69) is 11.4 Å². The van der Waals surface area contributed by atoms with Crippen molar-refractivity contribution < 1.29 is 4.79 Å². The van der Waals surface area contributed by atoms with Gasteiger partial charge in [0.05, 0.1) is 17.3 Å². The van der Waals surface area contributed by atoms with Gasteiger partial charge in [0.2, 0.25) is 0 Å². The lowest BCUT2D eigenvalue weighted by Gasteiger charge is -1.99. The van der Waals surface area contributed by atoms with Gasteiger partial charge in [-0.05, 0) is 35.9 Å². The van der Waals surface area contributed by atoms with Crippen molar-refractivity contribution in [3.05, 3.63) is 64.2 Å². The molecule has 1 aliphatic rings. The summed E-state index contributed by atoms with van der Waals surface area (Å²) in [4.78, 5) is 12.0. The Morgan fingerprint density at radius 2 is 1.90 bits per heavy atom. The van der Waals surface area contributed by atoms with Crippen LogP contribution in [0.2, 0.25) is 5.02 Å². The van der Waals surface area contributed by atoms with Crippen LogP contribution in [0.3, 0.4) is 0 Å². The minimum Gasteiger partial charge on any atom is -0.321 e. The first-order valence-corrected chi connectivity index (χ1v) is 6.38. The van der Waals surface area contributed by atoms with Crippen LogP contribution in [-0.2, 0) is 4.79 Å². The average Bonchev–Trinajstić information content (AvgIpc) is 2.75. The maximum absolute atomic E-state index is 12.0. The van der Waals surface area contributed by atoms with Crippen LogP contribution in [0.25, 0.3) is 11.6 Å². The van der Waals surface area contributed by atoms with Crippen LogP contribution in [0.15, 0.2) is 42.5 Å². The van der Waals surface area contributed by atoms with E-state index in [1.54, 1.807) is 30.3 Å². The fourth-order valence-electron chi connectivity index (χ4n) is 2.13. The first-order chi connectivity index (χ1) is 9.67. The van der Waals surface area contributed by atoms with Gasteiger partial charge in [0.15, 0.2) is 0 Å². The van der Waals surface area contributed by atoms with Gasteiger partial charge in [0.25, 0.3) is 5.91 Å². The molecule has 20 heavy (non-hydrogen) atoms. The Morgan fingerprint density at radius 3 is 2.60 bits per heavy atom. The number of hydrogen-bond donors (Lipinski definition) is 1. The third-order valence-electron chi connectivity index (χ3n) is 3.12. The average molecular weight is 281 g/mol. The number of amides is 1. The number of nitrogens with one attached hydrogen (secondary N) is 1. The largest absolute Gasteiger partial charge is 0.321 e. The van der Waals surface area contributed by atoms with Crippen LogP contribution in [-0.4, -0.2) is 5.91 Å². The van der Waals surface area contributed by atoms with Crippen LogP contribution < -0.4 is 5.32 Å². The third-order valence-corrected chi connectivity index (χ3v) is 3.35. The zero-order valence-corrected chi connectivity index (χ0v) is 11.1. The Kier molecular flexibility index (Phi) is 3.02. The van der Waals surface area contributed by atoms with Gasteiger partial charge in [-0.3, -0.25) is 4.79 Å². The summed E-state index contributed by atoms with van der Waals surface area (Å²) >= 11 is 5.91. The lowest BCUT2D eigenvalue weighted by Crippen LogP contribution is -2.03. The van der Waals surface area contributed by atoms with E-state index in [1.807, 2.05) is 18.2 Å². The number of carbonyl (C=O) groups is 1. The number of anilines is 1. The van der Waals surface area contributed by atoms with Gasteiger partial charge >= 0.3 is 0 Å². The van der Waals surface area contributed by atoms with Crippen molar-refractivity contribution in [2.24, 2.45) is 0 Å². The van der Waals surface area contributed by atoms with E-state index < -0.39 is 0 Å². The Labute approximate surface area is 121 Å². The van der Waals surface area contributed by atoms with Crippen LogP contribution >= 0.6 is 11.6 Å². The molecule has 1 aliphatic heterocycles. The molecule has 0 saturated heterocycles. The normalized spacial score (nSPS) is 14.8. The molecule has 96 valence electrons. The molecule has 1 amide bonds. The Balaban J connectivity index is 2.04. The lowest BCUT2D eigenvalue weighted by molar-refractivity contribution is -0.110. The van der Waals surface area contributed by atoms with E-state index in [-0.39, 0.29) is 5.91 Å². The topological polar surface area (TPSA) is 52.9 Å². The zero-order chi connectivity index (χ0) is 14.1. The quantitative estimate of drug-likeness (QED) is 0.810. The molecule has 0 aromatic heterocycles. The van der Waals surface area contributed by atoms with Gasteiger partial charge in [-0.25, -0.2) is 0 Å². The summed E-state index contributed by atoms with van der Waals surface area (Å²) in [7, 11) is 0. The van der Waals surface area contributed by atoms with Gasteiger partial charge in [0, 0.05) is 16.2 Å². The molecule has 0 unspecified atom stereocenters. The van der Waals surface area contributed by atoms with E-state index in [9.17, 15) is 4.79 Å². The van der Waals surface area contributed by atoms with Crippen LogP contribution in [0.4, 0.5) is 5.69 Å². The van der Waals surface area contributed by atoms with Crippen molar-refractivity contribution in [3.8, 4) is 6.07 Å². The Morgan fingerprint density at radius 1 is 1.15 bits per heavy atom. The molecule has 0 atom stereocenters. The summed E-state index contributed by atoms with van der Waals surface area (Å²) in [6.07, 6.45) is 1.80. The number of nitrogens with zero attached hydrogens (tertiary/aromatic N) is 1. The molecule has 0 spiro atoms. The van der Waals surface area contributed by atoms with Gasteiger partial charge in [0.1, 0.15) is 0 Å². The molecule has 0 saturated carbocycles. The highest BCUT2D eigenvalue weighted by Gasteiger charge is 2.23. The molecule has 0 aliphatic carbocycles. The fourth-order valence-corrected chi connectivity index (χ4v) is 2.30. The second kappa shape index (κ2) is 4.84. The molecule has 0 bridgehead atoms. The van der Waals surface area contributed by atoms with E-state index in [0.29, 0.717) is 16.2 Å². The van der Waals surface area contributed by atoms with Crippen LogP contribution in [0.5, 0.6) is 0 Å². The number of nitriles is 1. The number of carbonyl (C=O) groups excluding carboxylic acids is 1. The highest BCUT2D eigenvalue weighted by molar-refractivity contribution is 6.36. The number of fused-ring (bicyclic) bond motifs is 1. The molecule has 4 heteroatoms. The van der Waals surface area contributed by atoms with Crippen molar-refractivity contribution in [2.75, 3.05) is 5.32 Å². The van der Waals surface area contributed by atoms with Gasteiger partial charge in [-0.2, -0.15) is 5.26 Å². The maximum Gasteiger partial charge on any atom is 0.256 e. The predicted molar refractivity (Wildman–Crippen MR) is 79.1 cm³/mol. The van der Waals surface area contributed by atoms with Gasteiger partial charge in [-0.15, -0.1) is 0 Å². The molecule has 0 fully saturated rings. The molecule has 0 radical (unpaired) electrons. The van der Waals surface area contributed by atoms with Crippen molar-refractivity contribution in [1.29, 1.82) is 5.26 Å². The maximum atomic E-state index is 12.0. The number of hydrogen-bond acceptors (Lipinski definition) is 2. The lowest BCUT2D eigenvalue weighted by atomic mass is 10.0. The van der Waals surface area contributed by atoms with E-state index >= 15 is 0 Å². The fraction of sp³-hybridized carbons (Fsp3) is 0. The first-order valence-electron chi connectivity index (χ1n) is 6.00. The van der Waals surface area contributed by atoms with Crippen molar-refractivity contribution in [2.45, 2.75) is 0 Å². The molecule has 3 nitrogen and oxygen atoms in total. The van der Waals surface area contributed by atoms with E-state index in [1.165, 1.54) is 0 Å².